The van der Waals surface area contributed by atoms with Gasteiger partial charge in [-0.15, -0.1) is 0 Å². The normalized spacial score (nSPS) is 18.2. The van der Waals surface area contributed by atoms with Gasteiger partial charge in [-0.05, 0) is 42.8 Å². The molecule has 11 heteroatoms. The molecule has 4 aromatic rings. The lowest BCUT2D eigenvalue weighted by atomic mass is 10.0. The smallest absolute Gasteiger partial charge is 0.416 e. The number of imidazole rings is 1. The highest BCUT2D eigenvalue weighted by atomic mass is 19.4. The molecule has 0 spiro atoms. The summed E-state index contributed by atoms with van der Waals surface area (Å²) in [6.45, 7) is 0.210. The molecule has 0 aliphatic carbocycles. The van der Waals surface area contributed by atoms with Crippen LogP contribution in [0.15, 0.2) is 65.5 Å². The Morgan fingerprint density at radius 1 is 1.05 bits per heavy atom. The van der Waals surface area contributed by atoms with E-state index in [1.54, 1.807) is 36.4 Å². The molecule has 37 heavy (non-hydrogen) atoms. The van der Waals surface area contributed by atoms with Crippen molar-refractivity contribution in [1.82, 2.24) is 14.0 Å². The van der Waals surface area contributed by atoms with Gasteiger partial charge in [-0.2, -0.15) is 18.4 Å². The number of nitrogens with zero attached hydrogens (tertiary/aromatic N) is 4. The van der Waals surface area contributed by atoms with E-state index >= 15 is 0 Å². The molecule has 1 fully saturated rings. The number of alkyl halides is 3. The first kappa shape index (κ1) is 22.7. The van der Waals surface area contributed by atoms with Crippen molar-refractivity contribution in [2.24, 2.45) is 0 Å². The number of hydrogen-bond donors (Lipinski definition) is 2. The third-order valence-corrected chi connectivity index (χ3v) is 7.04. The lowest BCUT2D eigenvalue weighted by molar-refractivity contribution is -0.137. The number of hydrogen-bond acceptors (Lipinski definition) is 4. The fraction of sp³-hybridized carbons (Fsp3) is 0.192. The number of likely N-dealkylation sites (tertiary alicyclic amines) is 1. The molecule has 2 atom stereocenters. The van der Waals surface area contributed by atoms with Gasteiger partial charge < -0.3 is 15.3 Å². The minimum absolute atomic E-state index is 0.198. The molecule has 6 rings (SSSR count). The predicted molar refractivity (Wildman–Crippen MR) is 127 cm³/mol. The van der Waals surface area contributed by atoms with E-state index < -0.39 is 29.5 Å². The molecule has 2 aliphatic rings. The first-order valence-electron chi connectivity index (χ1n) is 11.4. The Labute approximate surface area is 207 Å². The Bertz CT molecular complexity index is 1680. The van der Waals surface area contributed by atoms with E-state index in [0.717, 1.165) is 12.1 Å². The van der Waals surface area contributed by atoms with Crippen molar-refractivity contribution < 1.29 is 23.1 Å². The number of aromatic hydroxyl groups is 1. The van der Waals surface area contributed by atoms with Gasteiger partial charge in [0.2, 0.25) is 5.88 Å². The monoisotopic (exact) mass is 505 g/mol. The van der Waals surface area contributed by atoms with Crippen LogP contribution in [0, 0.1) is 11.3 Å². The zero-order valence-electron chi connectivity index (χ0n) is 19.0. The van der Waals surface area contributed by atoms with Crippen molar-refractivity contribution in [2.75, 3.05) is 11.9 Å². The molecule has 2 aliphatic heterocycles. The molecule has 2 N–H and O–H groups in total. The molecule has 2 bridgehead atoms. The maximum absolute atomic E-state index is 13.4. The summed E-state index contributed by atoms with van der Waals surface area (Å²) in [5.41, 5.74) is 0.0826. The summed E-state index contributed by atoms with van der Waals surface area (Å²) in [7, 11) is 0. The van der Waals surface area contributed by atoms with Crippen molar-refractivity contribution in [3.8, 4) is 17.6 Å². The van der Waals surface area contributed by atoms with Gasteiger partial charge in [0.1, 0.15) is 5.69 Å². The largest absolute Gasteiger partial charge is 0.493 e. The van der Waals surface area contributed by atoms with Crippen LogP contribution >= 0.6 is 0 Å². The fourth-order valence-electron chi connectivity index (χ4n) is 5.40. The molecule has 1 aromatic heterocycles. The highest BCUT2D eigenvalue weighted by Crippen LogP contribution is 2.49. The Balaban J connectivity index is 1.34. The van der Waals surface area contributed by atoms with Crippen LogP contribution in [0.25, 0.3) is 16.5 Å². The van der Waals surface area contributed by atoms with Crippen LogP contribution in [0.1, 0.15) is 35.3 Å². The SMILES string of the molecule is N#Cc1ccc(-n2c(O)c3n(c2=O)[C@H]2C[C@@H]3N(C(=O)Nc3ccc(C(F)(F)F)cc3)C2)c2ccccc12. The zero-order chi connectivity index (χ0) is 26.1. The van der Waals surface area contributed by atoms with Gasteiger partial charge in [0.05, 0.1) is 35.0 Å². The van der Waals surface area contributed by atoms with Gasteiger partial charge >= 0.3 is 17.9 Å². The molecule has 0 unspecified atom stereocenters. The lowest BCUT2D eigenvalue weighted by Gasteiger charge is -2.27. The molecule has 1 saturated heterocycles. The van der Waals surface area contributed by atoms with E-state index in [-0.39, 0.29) is 24.2 Å². The predicted octanol–water partition coefficient (Wildman–Crippen LogP) is 4.92. The van der Waals surface area contributed by atoms with Crippen molar-refractivity contribution in [2.45, 2.75) is 24.7 Å². The van der Waals surface area contributed by atoms with E-state index in [1.807, 2.05) is 0 Å². The second-order valence-corrected chi connectivity index (χ2v) is 9.05. The molecular weight excluding hydrogens is 487 g/mol. The molecule has 3 heterocycles. The number of nitriles is 1. The van der Waals surface area contributed by atoms with E-state index in [4.69, 9.17) is 0 Å². The van der Waals surface area contributed by atoms with Gasteiger partial charge in [0.15, 0.2) is 0 Å². The number of rotatable bonds is 2. The van der Waals surface area contributed by atoms with Crippen LogP contribution in [0.3, 0.4) is 0 Å². The number of anilines is 1. The Morgan fingerprint density at radius 2 is 1.76 bits per heavy atom. The maximum Gasteiger partial charge on any atom is 0.416 e. The van der Waals surface area contributed by atoms with Crippen LogP contribution in [-0.2, 0) is 6.18 Å². The molecule has 0 saturated carbocycles. The number of urea groups is 1. The van der Waals surface area contributed by atoms with E-state index in [9.17, 15) is 33.1 Å². The summed E-state index contributed by atoms with van der Waals surface area (Å²) in [5, 5.41) is 24.5. The van der Waals surface area contributed by atoms with E-state index in [0.29, 0.717) is 34.1 Å². The highest BCUT2D eigenvalue weighted by Gasteiger charge is 2.49. The lowest BCUT2D eigenvalue weighted by Crippen LogP contribution is -2.40. The highest BCUT2D eigenvalue weighted by molar-refractivity contribution is 5.94. The summed E-state index contributed by atoms with van der Waals surface area (Å²) in [6, 6.07) is 15.0. The number of nitrogens with one attached hydrogen (secondary N) is 1. The molecule has 8 nitrogen and oxygen atoms in total. The number of carbonyl (C=O) groups is 1. The summed E-state index contributed by atoms with van der Waals surface area (Å²) in [6.07, 6.45) is -4.04. The van der Waals surface area contributed by atoms with Crippen LogP contribution in [-0.4, -0.2) is 31.7 Å². The average molecular weight is 505 g/mol. The molecule has 186 valence electrons. The van der Waals surface area contributed by atoms with Gasteiger partial charge in [-0.25, -0.2) is 14.2 Å². The zero-order valence-corrected chi connectivity index (χ0v) is 19.0. The summed E-state index contributed by atoms with van der Waals surface area (Å²) < 4.78 is 41.2. The van der Waals surface area contributed by atoms with Crippen molar-refractivity contribution in [1.29, 1.82) is 5.26 Å². The van der Waals surface area contributed by atoms with Crippen molar-refractivity contribution in [3.63, 3.8) is 0 Å². The molecule has 3 aromatic carbocycles. The minimum atomic E-state index is -4.48. The van der Waals surface area contributed by atoms with E-state index in [1.165, 1.54) is 26.2 Å². The topological polar surface area (TPSA) is 103 Å². The number of benzene rings is 3. The number of fused-ring (bicyclic) bond motifs is 6. The standard InChI is InChI=1S/C26H18F3N5O3/c27-26(28,29)15-6-8-16(9-7-15)31-24(36)32-13-17-11-21(32)22-23(35)34(25(37)33(17)22)20-10-5-14(12-30)18-3-1-2-4-19(18)20/h1-10,17,21,35H,11,13H2,(H,31,36)/t17-,21-/m0/s1. The van der Waals surface area contributed by atoms with Gasteiger partial charge in [-0.1, -0.05) is 24.3 Å². The summed E-state index contributed by atoms with van der Waals surface area (Å²) in [5.74, 6) is -0.292. The maximum atomic E-state index is 13.4. The van der Waals surface area contributed by atoms with Crippen LogP contribution in [0.4, 0.5) is 23.7 Å². The van der Waals surface area contributed by atoms with Gasteiger partial charge in [0.25, 0.3) is 0 Å². The fourth-order valence-corrected chi connectivity index (χ4v) is 5.40. The van der Waals surface area contributed by atoms with E-state index in [2.05, 4.69) is 11.4 Å². The second kappa shape index (κ2) is 7.89. The van der Waals surface area contributed by atoms with Crippen LogP contribution in [0.2, 0.25) is 0 Å². The molecular formula is C26H18F3N5O3. The number of halogens is 3. The third-order valence-electron chi connectivity index (χ3n) is 7.04. The molecule has 0 radical (unpaired) electrons. The van der Waals surface area contributed by atoms with Gasteiger partial charge in [0, 0.05) is 23.0 Å². The van der Waals surface area contributed by atoms with Gasteiger partial charge in [-0.3, -0.25) is 4.57 Å². The number of aromatic nitrogens is 2. The number of carbonyl (C=O) groups excluding carboxylic acids is 1. The third kappa shape index (κ3) is 3.36. The van der Waals surface area contributed by atoms with Crippen molar-refractivity contribution in [3.05, 3.63) is 88.0 Å². The summed E-state index contributed by atoms with van der Waals surface area (Å²) >= 11 is 0. The number of amides is 2. The quantitative estimate of drug-likeness (QED) is 0.404. The Hall–Kier alpha value is -4.72. The second-order valence-electron chi connectivity index (χ2n) is 9.05. The average Bonchev–Trinajstić information content (AvgIpc) is 3.55. The minimum Gasteiger partial charge on any atom is -0.493 e. The Morgan fingerprint density at radius 3 is 2.43 bits per heavy atom. The Kier molecular flexibility index (Phi) is 4.85. The van der Waals surface area contributed by atoms with Crippen LogP contribution < -0.4 is 11.0 Å². The van der Waals surface area contributed by atoms with Crippen LogP contribution in [0.5, 0.6) is 5.88 Å². The summed E-state index contributed by atoms with van der Waals surface area (Å²) in [4.78, 5) is 27.9. The first-order chi connectivity index (χ1) is 17.7. The van der Waals surface area contributed by atoms with Crippen molar-refractivity contribution >= 4 is 22.5 Å². The molecule has 2 amide bonds. The first-order valence-corrected chi connectivity index (χ1v) is 11.4.